The second-order valence-corrected chi connectivity index (χ2v) is 4.27. The Labute approximate surface area is 113 Å². The molecule has 1 heterocycles. The molecule has 2 N–H and O–H groups in total. The molecule has 0 atom stereocenters. The molecule has 0 bridgehead atoms. The van der Waals surface area contributed by atoms with Crippen LogP contribution in [0.25, 0.3) is 0 Å². The molecule has 92 valence electrons. The Morgan fingerprint density at radius 1 is 1.22 bits per heavy atom. The molecule has 1 aromatic heterocycles. The number of aromatic nitrogens is 1. The van der Waals surface area contributed by atoms with Crippen LogP contribution in [0.15, 0.2) is 36.5 Å². The molecule has 0 fully saturated rings. The fraction of sp³-hybridized carbons (Fsp3) is 0. The Bertz CT molecular complexity index is 582. The molecule has 4 nitrogen and oxygen atoms in total. The van der Waals surface area contributed by atoms with Crippen LogP contribution in [0, 0.1) is 0 Å². The van der Waals surface area contributed by atoms with Gasteiger partial charge >= 0.3 is 5.97 Å². The van der Waals surface area contributed by atoms with Crippen molar-refractivity contribution in [3.8, 4) is 0 Å². The molecule has 0 spiro atoms. The summed E-state index contributed by atoms with van der Waals surface area (Å²) >= 11 is 12.0. The quantitative estimate of drug-likeness (QED) is 0.898. The normalized spacial score (nSPS) is 10.1. The van der Waals surface area contributed by atoms with Gasteiger partial charge < -0.3 is 10.4 Å². The molecule has 0 saturated heterocycles. The first kappa shape index (κ1) is 12.7. The number of benzene rings is 1. The number of nitrogens with zero attached hydrogens (tertiary/aromatic N) is 1. The van der Waals surface area contributed by atoms with Gasteiger partial charge in [0, 0.05) is 6.20 Å². The minimum Gasteiger partial charge on any atom is -0.478 e. The maximum absolute atomic E-state index is 10.8. The van der Waals surface area contributed by atoms with Crippen LogP contribution < -0.4 is 5.32 Å². The minimum absolute atomic E-state index is 0.135. The third-order valence-corrected chi connectivity index (χ3v) is 2.85. The van der Waals surface area contributed by atoms with E-state index in [-0.39, 0.29) is 5.56 Å². The maximum Gasteiger partial charge on any atom is 0.335 e. The molecule has 2 rings (SSSR count). The lowest BCUT2D eigenvalue weighted by Crippen LogP contribution is -2.00. The number of carboxylic acid groups (broad SMARTS) is 1. The highest BCUT2D eigenvalue weighted by Crippen LogP contribution is 2.31. The van der Waals surface area contributed by atoms with Gasteiger partial charge in [0.2, 0.25) is 0 Å². The highest BCUT2D eigenvalue weighted by atomic mass is 35.5. The predicted molar refractivity (Wildman–Crippen MR) is 70.9 cm³/mol. The summed E-state index contributed by atoms with van der Waals surface area (Å²) in [6.07, 6.45) is 1.40. The Kier molecular flexibility index (Phi) is 3.69. The molecule has 0 saturated carbocycles. The third kappa shape index (κ3) is 2.72. The van der Waals surface area contributed by atoms with Crippen molar-refractivity contribution in [1.82, 2.24) is 4.98 Å². The molecule has 2 aromatic rings. The number of hydrogen-bond acceptors (Lipinski definition) is 3. The summed E-state index contributed by atoms with van der Waals surface area (Å²) < 4.78 is 0. The molecule has 0 amide bonds. The highest BCUT2D eigenvalue weighted by molar-refractivity contribution is 6.39. The average molecular weight is 283 g/mol. The van der Waals surface area contributed by atoms with Crippen LogP contribution >= 0.6 is 23.2 Å². The number of rotatable bonds is 3. The lowest BCUT2D eigenvalue weighted by Gasteiger charge is -2.09. The van der Waals surface area contributed by atoms with E-state index in [9.17, 15) is 4.79 Å². The second-order valence-electron chi connectivity index (χ2n) is 3.46. The van der Waals surface area contributed by atoms with Crippen LogP contribution in [0.1, 0.15) is 10.4 Å². The zero-order chi connectivity index (χ0) is 13.1. The van der Waals surface area contributed by atoms with Gasteiger partial charge in [-0.05, 0) is 24.3 Å². The molecule has 0 unspecified atom stereocenters. The van der Waals surface area contributed by atoms with E-state index < -0.39 is 5.97 Å². The van der Waals surface area contributed by atoms with Crippen LogP contribution in [0.3, 0.4) is 0 Å². The van der Waals surface area contributed by atoms with E-state index in [1.165, 1.54) is 18.3 Å². The molecular formula is C12H8Cl2N2O2. The van der Waals surface area contributed by atoms with Gasteiger partial charge in [-0.25, -0.2) is 9.78 Å². The number of hydrogen-bond donors (Lipinski definition) is 2. The lowest BCUT2D eigenvalue weighted by molar-refractivity contribution is 0.0697. The van der Waals surface area contributed by atoms with Gasteiger partial charge in [-0.1, -0.05) is 29.3 Å². The number of carboxylic acids is 1. The monoisotopic (exact) mass is 282 g/mol. The summed E-state index contributed by atoms with van der Waals surface area (Å²) in [4.78, 5) is 14.8. The van der Waals surface area contributed by atoms with Gasteiger partial charge in [-0.3, -0.25) is 0 Å². The smallest absolute Gasteiger partial charge is 0.335 e. The summed E-state index contributed by atoms with van der Waals surface area (Å²) in [5.41, 5.74) is 0.631. The van der Waals surface area contributed by atoms with E-state index >= 15 is 0 Å². The second kappa shape index (κ2) is 5.25. The van der Waals surface area contributed by atoms with Gasteiger partial charge in [0.25, 0.3) is 0 Å². The van der Waals surface area contributed by atoms with E-state index in [0.717, 1.165) is 0 Å². The Morgan fingerprint density at radius 2 is 1.89 bits per heavy atom. The summed E-state index contributed by atoms with van der Waals surface area (Å²) in [7, 11) is 0. The molecule has 0 aliphatic rings. The van der Waals surface area contributed by atoms with E-state index in [1.807, 2.05) is 0 Å². The van der Waals surface area contributed by atoms with Gasteiger partial charge in [-0.15, -0.1) is 0 Å². The molecule has 0 radical (unpaired) electrons. The van der Waals surface area contributed by atoms with Crippen LogP contribution in [-0.2, 0) is 0 Å². The van der Waals surface area contributed by atoms with Gasteiger partial charge in [0.1, 0.15) is 5.82 Å². The first-order valence-electron chi connectivity index (χ1n) is 4.98. The van der Waals surface area contributed by atoms with Crippen molar-refractivity contribution in [3.63, 3.8) is 0 Å². The van der Waals surface area contributed by atoms with Crippen molar-refractivity contribution in [2.24, 2.45) is 0 Å². The van der Waals surface area contributed by atoms with Crippen molar-refractivity contribution < 1.29 is 9.90 Å². The summed E-state index contributed by atoms with van der Waals surface area (Å²) in [5.74, 6) is -0.657. The molecule has 6 heteroatoms. The number of aromatic carboxylic acids is 1. The molecule has 18 heavy (non-hydrogen) atoms. The van der Waals surface area contributed by atoms with E-state index in [2.05, 4.69) is 10.3 Å². The zero-order valence-corrected chi connectivity index (χ0v) is 10.5. The number of pyridine rings is 1. The van der Waals surface area contributed by atoms with Crippen molar-refractivity contribution in [1.29, 1.82) is 0 Å². The molecular weight excluding hydrogens is 275 g/mol. The van der Waals surface area contributed by atoms with E-state index in [0.29, 0.717) is 21.6 Å². The largest absolute Gasteiger partial charge is 0.478 e. The van der Waals surface area contributed by atoms with Gasteiger partial charge in [0.15, 0.2) is 0 Å². The third-order valence-electron chi connectivity index (χ3n) is 2.22. The lowest BCUT2D eigenvalue weighted by atomic mass is 10.2. The molecule has 1 aromatic carbocycles. The fourth-order valence-electron chi connectivity index (χ4n) is 1.38. The fourth-order valence-corrected chi connectivity index (χ4v) is 1.87. The van der Waals surface area contributed by atoms with Gasteiger partial charge in [-0.2, -0.15) is 0 Å². The van der Waals surface area contributed by atoms with E-state index in [4.69, 9.17) is 28.3 Å². The van der Waals surface area contributed by atoms with Crippen molar-refractivity contribution in [3.05, 3.63) is 52.1 Å². The topological polar surface area (TPSA) is 62.2 Å². The number of halogens is 2. The number of para-hydroxylation sites is 1. The van der Waals surface area contributed by atoms with Crippen molar-refractivity contribution in [2.45, 2.75) is 0 Å². The first-order valence-corrected chi connectivity index (χ1v) is 5.74. The summed E-state index contributed by atoms with van der Waals surface area (Å²) in [6.45, 7) is 0. The summed E-state index contributed by atoms with van der Waals surface area (Å²) in [5, 5.41) is 12.6. The predicted octanol–water partition coefficient (Wildman–Crippen LogP) is 3.83. The van der Waals surface area contributed by atoms with Crippen LogP contribution in [0.2, 0.25) is 10.0 Å². The minimum atomic E-state index is -1.02. The Hall–Kier alpha value is -1.78. The van der Waals surface area contributed by atoms with Crippen molar-refractivity contribution >= 4 is 40.7 Å². The number of carbonyl (C=O) groups is 1. The molecule has 0 aliphatic carbocycles. The standard InChI is InChI=1S/C12H8Cl2N2O2/c13-8-2-1-3-9(14)11(8)16-10-6-7(12(17)18)4-5-15-10/h1-6H,(H,15,16)(H,17,18). The summed E-state index contributed by atoms with van der Waals surface area (Å²) in [6, 6.07) is 7.88. The van der Waals surface area contributed by atoms with Gasteiger partial charge in [0.05, 0.1) is 21.3 Å². The van der Waals surface area contributed by atoms with Crippen LogP contribution in [-0.4, -0.2) is 16.1 Å². The van der Waals surface area contributed by atoms with Crippen LogP contribution in [0.4, 0.5) is 11.5 Å². The zero-order valence-electron chi connectivity index (χ0n) is 9.02. The Morgan fingerprint density at radius 3 is 2.50 bits per heavy atom. The van der Waals surface area contributed by atoms with Crippen LogP contribution in [0.5, 0.6) is 0 Å². The number of anilines is 2. The van der Waals surface area contributed by atoms with E-state index in [1.54, 1.807) is 18.2 Å². The highest BCUT2D eigenvalue weighted by Gasteiger charge is 2.08. The number of nitrogens with one attached hydrogen (secondary N) is 1. The van der Waals surface area contributed by atoms with Crippen molar-refractivity contribution in [2.75, 3.05) is 5.32 Å². The average Bonchev–Trinajstić information content (AvgIpc) is 2.34. The molecule has 0 aliphatic heterocycles. The SMILES string of the molecule is O=C(O)c1ccnc(Nc2c(Cl)cccc2Cl)c1. The Balaban J connectivity index is 2.34. The maximum atomic E-state index is 10.8. The first-order chi connectivity index (χ1) is 8.58.